The first-order valence-electron chi connectivity index (χ1n) is 7.18. The van der Waals surface area contributed by atoms with E-state index in [0.717, 1.165) is 11.1 Å². The average molecular weight is 306 g/mol. The standard InChI is InChI=1S/C17H23FN2O2/c1-10-8-9-13(18)14(11(10)2)12(3)15(19-7)20-16(21)22-17(4,5)6/h8-9,12,15H,1-6H3,(H,20,21)/t12-,15+/m1/s1. The lowest BCUT2D eigenvalue weighted by atomic mass is 9.91. The van der Waals surface area contributed by atoms with E-state index < -0.39 is 23.8 Å². The van der Waals surface area contributed by atoms with E-state index in [1.165, 1.54) is 6.07 Å². The number of hydrogen-bond donors (Lipinski definition) is 1. The van der Waals surface area contributed by atoms with E-state index in [1.807, 2.05) is 13.8 Å². The van der Waals surface area contributed by atoms with Crippen molar-refractivity contribution in [3.63, 3.8) is 0 Å². The van der Waals surface area contributed by atoms with Crippen LogP contribution in [0, 0.1) is 26.2 Å². The lowest BCUT2D eigenvalue weighted by molar-refractivity contribution is 0.0508. The lowest BCUT2D eigenvalue weighted by Gasteiger charge is -2.22. The van der Waals surface area contributed by atoms with Gasteiger partial charge < -0.3 is 4.74 Å². The third-order valence-corrected chi connectivity index (χ3v) is 3.47. The third-order valence-electron chi connectivity index (χ3n) is 3.47. The average Bonchev–Trinajstić information content (AvgIpc) is 2.38. The number of aryl methyl sites for hydroxylation is 1. The van der Waals surface area contributed by atoms with E-state index in [-0.39, 0.29) is 5.82 Å². The summed E-state index contributed by atoms with van der Waals surface area (Å²) in [6.07, 6.45) is -1.56. The van der Waals surface area contributed by atoms with Gasteiger partial charge in [0, 0.05) is 5.56 Å². The summed E-state index contributed by atoms with van der Waals surface area (Å²) in [5.74, 6) is -0.847. The molecule has 1 amide bonds. The van der Waals surface area contributed by atoms with E-state index in [9.17, 15) is 9.18 Å². The van der Waals surface area contributed by atoms with Crippen LogP contribution in [0.1, 0.15) is 50.3 Å². The van der Waals surface area contributed by atoms with Gasteiger partial charge in [0.1, 0.15) is 11.4 Å². The Balaban J connectivity index is 3.00. The minimum Gasteiger partial charge on any atom is -0.444 e. The minimum atomic E-state index is -0.884. The summed E-state index contributed by atoms with van der Waals surface area (Å²) in [4.78, 5) is 15.2. The summed E-state index contributed by atoms with van der Waals surface area (Å²) < 4.78 is 19.3. The minimum absolute atomic E-state index is 0.366. The van der Waals surface area contributed by atoms with Crippen LogP contribution in [0.4, 0.5) is 9.18 Å². The Bertz CT molecular complexity index is 600. The Kier molecular flexibility index (Phi) is 5.54. The Morgan fingerprint density at radius 3 is 2.45 bits per heavy atom. The highest BCUT2D eigenvalue weighted by Crippen LogP contribution is 2.28. The predicted octanol–water partition coefficient (Wildman–Crippen LogP) is 4.32. The van der Waals surface area contributed by atoms with Crippen LogP contribution >= 0.6 is 0 Å². The molecule has 0 bridgehead atoms. The summed E-state index contributed by atoms with van der Waals surface area (Å²) in [5, 5.41) is 2.51. The van der Waals surface area contributed by atoms with Crippen LogP contribution in [0.2, 0.25) is 0 Å². The number of rotatable bonds is 3. The fourth-order valence-electron chi connectivity index (χ4n) is 2.22. The molecule has 120 valence electrons. The van der Waals surface area contributed by atoms with E-state index in [4.69, 9.17) is 11.3 Å². The molecule has 0 heterocycles. The summed E-state index contributed by atoms with van der Waals surface area (Å²) >= 11 is 0. The molecular formula is C17H23FN2O2. The first-order valence-corrected chi connectivity index (χ1v) is 7.18. The molecule has 4 nitrogen and oxygen atoms in total. The molecule has 2 atom stereocenters. The number of ether oxygens (including phenoxy) is 1. The second-order valence-corrected chi connectivity index (χ2v) is 6.41. The van der Waals surface area contributed by atoms with Gasteiger partial charge in [-0.3, -0.25) is 10.2 Å². The van der Waals surface area contributed by atoms with Crippen LogP contribution in [0.15, 0.2) is 12.1 Å². The molecular weight excluding hydrogens is 283 g/mol. The number of benzene rings is 1. The number of carbonyl (C=O) groups excluding carboxylic acids is 1. The van der Waals surface area contributed by atoms with Gasteiger partial charge in [-0.1, -0.05) is 6.07 Å². The molecule has 0 saturated carbocycles. The molecule has 22 heavy (non-hydrogen) atoms. The van der Waals surface area contributed by atoms with Crippen LogP contribution in [0.25, 0.3) is 4.85 Å². The number of carbonyl (C=O) groups is 1. The lowest BCUT2D eigenvalue weighted by Crippen LogP contribution is -2.40. The summed E-state index contributed by atoms with van der Waals surface area (Å²) in [5.41, 5.74) is 1.55. The summed E-state index contributed by atoms with van der Waals surface area (Å²) in [6, 6.07) is 3.09. The van der Waals surface area contributed by atoms with Crippen LogP contribution < -0.4 is 5.32 Å². The zero-order valence-electron chi connectivity index (χ0n) is 14.0. The third kappa shape index (κ3) is 4.45. The number of amides is 1. The maximum atomic E-state index is 14.1. The molecule has 1 aromatic rings. The smallest absolute Gasteiger partial charge is 0.413 e. The van der Waals surface area contributed by atoms with Crippen LogP contribution in [0.3, 0.4) is 0 Å². The highest BCUT2D eigenvalue weighted by molar-refractivity contribution is 5.68. The summed E-state index contributed by atoms with van der Waals surface area (Å²) in [7, 11) is 0. The molecule has 0 unspecified atom stereocenters. The van der Waals surface area contributed by atoms with Gasteiger partial charge in [0.2, 0.25) is 0 Å². The van der Waals surface area contributed by atoms with E-state index in [0.29, 0.717) is 5.56 Å². The van der Waals surface area contributed by atoms with E-state index in [2.05, 4.69) is 10.2 Å². The number of nitrogens with zero attached hydrogens (tertiary/aromatic N) is 1. The van der Waals surface area contributed by atoms with Gasteiger partial charge in [0.25, 0.3) is 0 Å². The van der Waals surface area contributed by atoms with Gasteiger partial charge >= 0.3 is 12.3 Å². The zero-order chi connectivity index (χ0) is 17.1. The van der Waals surface area contributed by atoms with Crippen LogP contribution in [-0.2, 0) is 4.74 Å². The molecule has 0 spiro atoms. The van der Waals surface area contributed by atoms with Crippen LogP contribution in [-0.4, -0.2) is 17.9 Å². The summed E-state index contributed by atoms with van der Waals surface area (Å²) in [6.45, 7) is 18.0. The first kappa shape index (κ1) is 18.0. The molecule has 0 saturated heterocycles. The first-order chi connectivity index (χ1) is 10.1. The number of hydrogen-bond acceptors (Lipinski definition) is 2. The number of alkyl carbamates (subject to hydrolysis) is 1. The van der Waals surface area contributed by atoms with Crippen molar-refractivity contribution in [3.8, 4) is 0 Å². The normalized spacial score (nSPS) is 13.9. The molecule has 0 fully saturated rings. The van der Waals surface area contributed by atoms with Crippen molar-refractivity contribution in [3.05, 3.63) is 46.1 Å². The van der Waals surface area contributed by atoms with Gasteiger partial charge in [0.05, 0.1) is 5.92 Å². The van der Waals surface area contributed by atoms with E-state index in [1.54, 1.807) is 33.8 Å². The Hall–Kier alpha value is -2.09. The van der Waals surface area contributed by atoms with Crippen molar-refractivity contribution in [2.45, 2.75) is 59.2 Å². The van der Waals surface area contributed by atoms with Gasteiger partial charge in [-0.2, -0.15) is 0 Å². The molecule has 0 aliphatic heterocycles. The van der Waals surface area contributed by atoms with Crippen molar-refractivity contribution < 1.29 is 13.9 Å². The van der Waals surface area contributed by atoms with Gasteiger partial charge in [-0.05, 0) is 58.7 Å². The van der Waals surface area contributed by atoms with Gasteiger partial charge in [-0.25, -0.2) is 15.8 Å². The molecule has 1 rings (SSSR count). The zero-order valence-corrected chi connectivity index (χ0v) is 14.0. The molecule has 1 aromatic carbocycles. The monoisotopic (exact) mass is 306 g/mol. The van der Waals surface area contributed by atoms with Crippen molar-refractivity contribution >= 4 is 6.09 Å². The SMILES string of the molecule is [C-]#[N+][C@@H](NC(=O)OC(C)(C)C)[C@H](C)c1c(F)ccc(C)c1C. The largest absolute Gasteiger partial charge is 0.444 e. The Morgan fingerprint density at radius 2 is 1.95 bits per heavy atom. The Labute approximate surface area is 131 Å². The Morgan fingerprint density at radius 1 is 1.36 bits per heavy atom. The molecule has 0 aliphatic carbocycles. The molecule has 0 radical (unpaired) electrons. The molecule has 1 N–H and O–H groups in total. The quantitative estimate of drug-likeness (QED) is 0.845. The van der Waals surface area contributed by atoms with Crippen molar-refractivity contribution in [1.82, 2.24) is 5.32 Å². The fourth-order valence-corrected chi connectivity index (χ4v) is 2.22. The van der Waals surface area contributed by atoms with Crippen molar-refractivity contribution in [2.24, 2.45) is 0 Å². The van der Waals surface area contributed by atoms with Crippen molar-refractivity contribution in [1.29, 1.82) is 0 Å². The number of nitrogens with one attached hydrogen (secondary N) is 1. The molecule has 0 aromatic heterocycles. The highest BCUT2D eigenvalue weighted by Gasteiger charge is 2.31. The highest BCUT2D eigenvalue weighted by atomic mass is 19.1. The maximum Gasteiger partial charge on any atom is 0.413 e. The van der Waals surface area contributed by atoms with Gasteiger partial charge in [0.15, 0.2) is 0 Å². The van der Waals surface area contributed by atoms with Crippen molar-refractivity contribution in [2.75, 3.05) is 0 Å². The molecule has 5 heteroatoms. The number of halogens is 1. The predicted molar refractivity (Wildman–Crippen MR) is 84.0 cm³/mol. The fraction of sp³-hybridized carbons (Fsp3) is 0.529. The van der Waals surface area contributed by atoms with E-state index >= 15 is 0 Å². The topological polar surface area (TPSA) is 42.7 Å². The van der Waals surface area contributed by atoms with Gasteiger partial charge in [-0.15, -0.1) is 0 Å². The molecule has 0 aliphatic rings. The second-order valence-electron chi connectivity index (χ2n) is 6.41. The maximum absolute atomic E-state index is 14.1. The second kappa shape index (κ2) is 6.78. The van der Waals surface area contributed by atoms with Crippen LogP contribution in [0.5, 0.6) is 0 Å².